The van der Waals surface area contributed by atoms with Crippen LogP contribution in [0.4, 0.5) is 0 Å². The van der Waals surface area contributed by atoms with Gasteiger partial charge < -0.3 is 14.3 Å². The van der Waals surface area contributed by atoms with Gasteiger partial charge >= 0.3 is 5.97 Å². The zero-order valence-corrected chi connectivity index (χ0v) is 9.06. The van der Waals surface area contributed by atoms with Crippen LogP contribution < -0.4 is 0 Å². The number of ketones is 1. The molecule has 0 aliphatic rings. The molecule has 0 saturated heterocycles. The van der Waals surface area contributed by atoms with Crippen molar-refractivity contribution in [3.8, 4) is 0 Å². The Labute approximate surface area is 93.0 Å². The summed E-state index contributed by atoms with van der Waals surface area (Å²) in [6.07, 6.45) is 1.10. The predicted octanol–water partition coefficient (Wildman–Crippen LogP) is 1.98. The number of rotatable bonds is 7. The summed E-state index contributed by atoms with van der Waals surface area (Å²) in [4.78, 5) is 22.0. The van der Waals surface area contributed by atoms with Crippen molar-refractivity contribution in [3.05, 3.63) is 23.7 Å². The van der Waals surface area contributed by atoms with Crippen LogP contribution in [0.5, 0.6) is 0 Å². The van der Waals surface area contributed by atoms with E-state index in [1.807, 2.05) is 6.92 Å². The maximum absolute atomic E-state index is 11.5. The minimum absolute atomic E-state index is 0.0671. The van der Waals surface area contributed by atoms with Crippen molar-refractivity contribution in [2.24, 2.45) is 0 Å². The Bertz CT molecular complexity index is 366. The lowest BCUT2D eigenvalue weighted by Gasteiger charge is -1.99. The third-order valence-electron chi connectivity index (χ3n) is 1.91. The van der Waals surface area contributed by atoms with Crippen molar-refractivity contribution in [3.63, 3.8) is 0 Å². The van der Waals surface area contributed by atoms with E-state index < -0.39 is 5.97 Å². The summed E-state index contributed by atoms with van der Waals surface area (Å²) in [5, 5.41) is 8.60. The van der Waals surface area contributed by atoms with Gasteiger partial charge in [-0.2, -0.15) is 0 Å². The molecule has 1 rings (SSSR count). The molecular formula is C11H14O5. The molecule has 1 heterocycles. The molecule has 1 aromatic rings. The second-order valence-corrected chi connectivity index (χ2v) is 3.25. The molecule has 0 unspecified atom stereocenters. The van der Waals surface area contributed by atoms with Crippen molar-refractivity contribution in [2.45, 2.75) is 19.8 Å². The molecule has 88 valence electrons. The summed E-state index contributed by atoms with van der Waals surface area (Å²) in [6, 6.07) is 2.63. The van der Waals surface area contributed by atoms with Gasteiger partial charge in [-0.3, -0.25) is 4.79 Å². The zero-order valence-electron chi connectivity index (χ0n) is 9.06. The maximum atomic E-state index is 11.5. The molecule has 0 atom stereocenters. The molecule has 0 amide bonds. The van der Waals surface area contributed by atoms with Crippen LogP contribution in [0.1, 0.15) is 40.9 Å². The highest BCUT2D eigenvalue weighted by atomic mass is 16.5. The van der Waals surface area contributed by atoms with Gasteiger partial charge in [-0.15, -0.1) is 0 Å². The molecule has 5 nitrogen and oxygen atoms in total. The molecule has 0 radical (unpaired) electrons. The van der Waals surface area contributed by atoms with Gasteiger partial charge in [-0.05, 0) is 18.6 Å². The van der Waals surface area contributed by atoms with E-state index in [0.717, 1.165) is 6.42 Å². The standard InChI is InChI=1S/C11H14O5/c1-2-6-15-7-5-8(12)9-3-4-10(16-9)11(13)14/h3-4H,2,5-7H2,1H3,(H,13,14). The van der Waals surface area contributed by atoms with Crippen LogP contribution in [-0.4, -0.2) is 30.1 Å². The van der Waals surface area contributed by atoms with E-state index in [4.69, 9.17) is 14.3 Å². The van der Waals surface area contributed by atoms with Crippen LogP contribution in [0.2, 0.25) is 0 Å². The molecule has 0 fully saturated rings. The fraction of sp³-hybridized carbons (Fsp3) is 0.455. The Morgan fingerprint density at radius 1 is 1.31 bits per heavy atom. The van der Waals surface area contributed by atoms with E-state index in [9.17, 15) is 9.59 Å². The number of Topliss-reactive ketones (excluding diaryl/α,β-unsaturated/α-hetero) is 1. The van der Waals surface area contributed by atoms with Gasteiger partial charge in [0, 0.05) is 13.0 Å². The normalized spacial score (nSPS) is 10.3. The van der Waals surface area contributed by atoms with Gasteiger partial charge in [-0.25, -0.2) is 4.79 Å². The summed E-state index contributed by atoms with van der Waals surface area (Å²) in [5.41, 5.74) is 0. The molecule has 1 N–H and O–H groups in total. The SMILES string of the molecule is CCCOCCC(=O)c1ccc(C(=O)O)o1. The van der Waals surface area contributed by atoms with E-state index in [0.29, 0.717) is 13.2 Å². The first-order valence-corrected chi connectivity index (χ1v) is 5.09. The number of carbonyl (C=O) groups excluding carboxylic acids is 1. The van der Waals surface area contributed by atoms with Gasteiger partial charge in [-0.1, -0.05) is 6.92 Å². The molecule has 0 aromatic carbocycles. The summed E-state index contributed by atoms with van der Waals surface area (Å²) in [6.45, 7) is 2.93. The van der Waals surface area contributed by atoms with Crippen molar-refractivity contribution < 1.29 is 23.8 Å². The third-order valence-corrected chi connectivity index (χ3v) is 1.91. The van der Waals surface area contributed by atoms with Crippen LogP contribution in [0.15, 0.2) is 16.5 Å². The van der Waals surface area contributed by atoms with Crippen LogP contribution in [-0.2, 0) is 4.74 Å². The quantitative estimate of drug-likeness (QED) is 0.568. The minimum Gasteiger partial charge on any atom is -0.475 e. The highest BCUT2D eigenvalue weighted by molar-refractivity contribution is 5.95. The number of hydrogen-bond donors (Lipinski definition) is 1. The number of carbonyl (C=O) groups is 2. The van der Waals surface area contributed by atoms with Gasteiger partial charge in [0.25, 0.3) is 0 Å². The van der Waals surface area contributed by atoms with Gasteiger partial charge in [0.05, 0.1) is 6.61 Å². The highest BCUT2D eigenvalue weighted by Gasteiger charge is 2.14. The molecule has 0 saturated carbocycles. The van der Waals surface area contributed by atoms with Crippen LogP contribution >= 0.6 is 0 Å². The zero-order chi connectivity index (χ0) is 12.0. The average molecular weight is 226 g/mol. The van der Waals surface area contributed by atoms with E-state index in [2.05, 4.69) is 0 Å². The van der Waals surface area contributed by atoms with Gasteiger partial charge in [0.2, 0.25) is 5.76 Å². The average Bonchev–Trinajstić information content (AvgIpc) is 2.73. The molecule has 0 spiro atoms. The Morgan fingerprint density at radius 2 is 2.00 bits per heavy atom. The molecule has 16 heavy (non-hydrogen) atoms. The first-order valence-electron chi connectivity index (χ1n) is 5.09. The van der Waals surface area contributed by atoms with Gasteiger partial charge in [0.15, 0.2) is 11.5 Å². The lowest BCUT2D eigenvalue weighted by Crippen LogP contribution is -2.04. The van der Waals surface area contributed by atoms with Gasteiger partial charge in [0.1, 0.15) is 0 Å². The first-order chi connectivity index (χ1) is 7.65. The van der Waals surface area contributed by atoms with E-state index in [1.54, 1.807) is 0 Å². The highest BCUT2D eigenvalue weighted by Crippen LogP contribution is 2.10. The maximum Gasteiger partial charge on any atom is 0.371 e. The number of furan rings is 1. The Morgan fingerprint density at radius 3 is 2.56 bits per heavy atom. The van der Waals surface area contributed by atoms with E-state index in [1.165, 1.54) is 12.1 Å². The van der Waals surface area contributed by atoms with Crippen molar-refractivity contribution >= 4 is 11.8 Å². The number of carboxylic acids is 1. The fourth-order valence-electron chi connectivity index (χ4n) is 1.14. The smallest absolute Gasteiger partial charge is 0.371 e. The number of ether oxygens (including phenoxy) is 1. The minimum atomic E-state index is -1.18. The Balaban J connectivity index is 2.43. The summed E-state index contributed by atoms with van der Waals surface area (Å²) in [7, 11) is 0. The molecule has 5 heteroatoms. The van der Waals surface area contributed by atoms with Crippen molar-refractivity contribution in [1.82, 2.24) is 0 Å². The number of hydrogen-bond acceptors (Lipinski definition) is 4. The van der Waals surface area contributed by atoms with Crippen molar-refractivity contribution in [2.75, 3.05) is 13.2 Å². The van der Waals surface area contributed by atoms with E-state index >= 15 is 0 Å². The van der Waals surface area contributed by atoms with Crippen molar-refractivity contribution in [1.29, 1.82) is 0 Å². The largest absolute Gasteiger partial charge is 0.475 e. The monoisotopic (exact) mass is 226 g/mol. The topological polar surface area (TPSA) is 76.7 Å². The number of carboxylic acid groups (broad SMARTS) is 1. The fourth-order valence-corrected chi connectivity index (χ4v) is 1.14. The first kappa shape index (κ1) is 12.4. The molecule has 0 bridgehead atoms. The molecule has 1 aromatic heterocycles. The third kappa shape index (κ3) is 3.51. The lowest BCUT2D eigenvalue weighted by molar-refractivity contribution is 0.0659. The summed E-state index contributed by atoms with van der Waals surface area (Å²) < 4.78 is 10.0. The van der Waals surface area contributed by atoms with E-state index in [-0.39, 0.29) is 23.7 Å². The van der Waals surface area contributed by atoms with Crippen LogP contribution in [0.25, 0.3) is 0 Å². The summed E-state index contributed by atoms with van der Waals surface area (Å²) >= 11 is 0. The Hall–Kier alpha value is -1.62. The number of aromatic carboxylic acids is 1. The Kier molecular flexibility index (Phi) is 4.72. The molecule has 0 aliphatic heterocycles. The van der Waals surface area contributed by atoms with Crippen LogP contribution in [0.3, 0.4) is 0 Å². The second kappa shape index (κ2) is 6.07. The molecular weight excluding hydrogens is 212 g/mol. The lowest BCUT2D eigenvalue weighted by atomic mass is 10.2. The second-order valence-electron chi connectivity index (χ2n) is 3.25. The predicted molar refractivity (Wildman–Crippen MR) is 55.7 cm³/mol. The molecule has 0 aliphatic carbocycles. The summed E-state index contributed by atoms with van der Waals surface area (Å²) in [5.74, 6) is -1.58. The van der Waals surface area contributed by atoms with Crippen LogP contribution in [0, 0.1) is 0 Å².